The third-order valence-electron chi connectivity index (χ3n) is 4.31. The van der Waals surface area contributed by atoms with Gasteiger partial charge in [-0.15, -0.1) is 0 Å². The topological polar surface area (TPSA) is 74.3 Å². The van der Waals surface area contributed by atoms with E-state index in [1.165, 1.54) is 0 Å². The molecule has 138 valence electrons. The van der Waals surface area contributed by atoms with Crippen molar-refractivity contribution in [2.24, 2.45) is 0 Å². The zero-order valence-corrected chi connectivity index (χ0v) is 15.2. The molecule has 0 radical (unpaired) electrons. The van der Waals surface area contributed by atoms with Gasteiger partial charge in [0.05, 0.1) is 6.54 Å². The number of rotatable bonds is 4. The van der Waals surface area contributed by atoms with E-state index in [2.05, 4.69) is 15.1 Å². The summed E-state index contributed by atoms with van der Waals surface area (Å²) < 4.78 is 10.6. The van der Waals surface area contributed by atoms with Crippen LogP contribution in [0.2, 0.25) is 0 Å². The highest BCUT2D eigenvalue weighted by atomic mass is 16.7. The molecule has 0 bridgehead atoms. The number of phenols is 1. The number of ether oxygens (including phenoxy) is 2. The number of nitrogens with one attached hydrogen (secondary N) is 1. The van der Waals surface area contributed by atoms with Gasteiger partial charge in [-0.25, -0.2) is 0 Å². The maximum absolute atomic E-state index is 12.0. The minimum absolute atomic E-state index is 0.0642. The van der Waals surface area contributed by atoms with Gasteiger partial charge in [-0.1, -0.05) is 0 Å². The lowest BCUT2D eigenvalue weighted by Crippen LogP contribution is -2.51. The summed E-state index contributed by atoms with van der Waals surface area (Å²) in [4.78, 5) is 16.5. The number of nitrogens with zero attached hydrogens (tertiary/aromatic N) is 2. The Morgan fingerprint density at radius 2 is 1.72 bits per heavy atom. The molecule has 2 heterocycles. The van der Waals surface area contributed by atoms with Crippen molar-refractivity contribution in [2.75, 3.05) is 39.5 Å². The first-order valence-electron chi connectivity index (χ1n) is 8.67. The van der Waals surface area contributed by atoms with E-state index in [9.17, 15) is 9.90 Å². The van der Waals surface area contributed by atoms with Crippen LogP contribution in [0.3, 0.4) is 0 Å². The highest BCUT2D eigenvalue weighted by Gasteiger charge is 2.23. The molecule has 0 aromatic heterocycles. The van der Waals surface area contributed by atoms with Crippen molar-refractivity contribution in [3.8, 4) is 17.2 Å². The molecule has 0 unspecified atom stereocenters. The lowest BCUT2D eigenvalue weighted by molar-refractivity contribution is -0.124. The minimum Gasteiger partial charge on any atom is -0.507 e. The maximum atomic E-state index is 12.0. The Hall–Kier alpha value is -1.99. The van der Waals surface area contributed by atoms with Crippen LogP contribution in [0.4, 0.5) is 0 Å². The number of hydrogen-bond donors (Lipinski definition) is 2. The fourth-order valence-corrected chi connectivity index (χ4v) is 3.11. The fourth-order valence-electron chi connectivity index (χ4n) is 3.11. The summed E-state index contributed by atoms with van der Waals surface area (Å²) in [6.45, 7) is 10.6. The number of benzene rings is 1. The van der Waals surface area contributed by atoms with E-state index in [1.807, 2.05) is 26.8 Å². The van der Waals surface area contributed by atoms with Crippen LogP contribution in [0.15, 0.2) is 12.1 Å². The molecule has 25 heavy (non-hydrogen) atoms. The molecule has 3 rings (SSSR count). The van der Waals surface area contributed by atoms with E-state index < -0.39 is 0 Å². The van der Waals surface area contributed by atoms with Gasteiger partial charge in [0.25, 0.3) is 0 Å². The highest BCUT2D eigenvalue weighted by molar-refractivity contribution is 5.78. The number of carbonyl (C=O) groups excluding carboxylic acids is 1. The maximum Gasteiger partial charge on any atom is 0.234 e. The number of hydrogen-bond acceptors (Lipinski definition) is 6. The first-order chi connectivity index (χ1) is 11.8. The lowest BCUT2D eigenvalue weighted by atomic mass is 10.1. The summed E-state index contributed by atoms with van der Waals surface area (Å²) in [5, 5.41) is 13.2. The number of carbonyl (C=O) groups is 1. The second-order valence-corrected chi connectivity index (χ2v) is 7.68. The number of aromatic hydroxyl groups is 1. The number of piperazine rings is 1. The van der Waals surface area contributed by atoms with Gasteiger partial charge in [0.15, 0.2) is 11.5 Å². The summed E-state index contributed by atoms with van der Waals surface area (Å²) >= 11 is 0. The summed E-state index contributed by atoms with van der Waals surface area (Å²) in [6.07, 6.45) is 0. The molecule has 7 heteroatoms. The quantitative estimate of drug-likeness (QED) is 0.850. The van der Waals surface area contributed by atoms with Gasteiger partial charge in [0, 0.05) is 49.9 Å². The second-order valence-electron chi connectivity index (χ2n) is 7.68. The van der Waals surface area contributed by atoms with Crippen LogP contribution in [0, 0.1) is 0 Å². The van der Waals surface area contributed by atoms with Gasteiger partial charge < -0.3 is 19.9 Å². The molecular formula is C18H27N3O4. The van der Waals surface area contributed by atoms with Crippen LogP contribution in [0.25, 0.3) is 0 Å². The first-order valence-corrected chi connectivity index (χ1v) is 8.67. The summed E-state index contributed by atoms with van der Waals surface area (Å²) in [5.74, 6) is 1.58. The molecule has 0 atom stereocenters. The number of amides is 1. The molecular weight excluding hydrogens is 322 g/mol. The van der Waals surface area contributed by atoms with Crippen molar-refractivity contribution in [1.82, 2.24) is 15.1 Å². The molecule has 0 saturated carbocycles. The van der Waals surface area contributed by atoms with Crippen molar-refractivity contribution in [3.63, 3.8) is 0 Å². The summed E-state index contributed by atoms with van der Waals surface area (Å²) in [6, 6.07) is 3.46. The van der Waals surface area contributed by atoms with Gasteiger partial charge in [0.1, 0.15) is 5.75 Å². The average molecular weight is 349 g/mol. The normalized spacial score (nSPS) is 18.4. The van der Waals surface area contributed by atoms with Crippen molar-refractivity contribution in [3.05, 3.63) is 17.7 Å². The second kappa shape index (κ2) is 7.09. The Kier molecular flexibility index (Phi) is 5.06. The van der Waals surface area contributed by atoms with E-state index in [-0.39, 0.29) is 24.0 Å². The molecule has 2 aliphatic rings. The number of phenolic OH excluding ortho intramolecular Hbond substituents is 1. The predicted octanol–water partition coefficient (Wildman–Crippen LogP) is 1.15. The van der Waals surface area contributed by atoms with Crippen molar-refractivity contribution < 1.29 is 19.4 Å². The Labute approximate surface area is 148 Å². The summed E-state index contributed by atoms with van der Waals surface area (Å²) in [5.41, 5.74) is 0.638. The van der Waals surface area contributed by atoms with Crippen molar-refractivity contribution >= 4 is 5.91 Å². The van der Waals surface area contributed by atoms with Gasteiger partial charge in [-0.3, -0.25) is 14.6 Å². The van der Waals surface area contributed by atoms with Crippen LogP contribution >= 0.6 is 0 Å². The molecule has 1 aromatic carbocycles. The summed E-state index contributed by atoms with van der Waals surface area (Å²) in [7, 11) is 0. The molecule has 2 aliphatic heterocycles. The van der Waals surface area contributed by atoms with E-state index in [0.717, 1.165) is 31.7 Å². The molecule has 0 aliphatic carbocycles. The first kappa shape index (κ1) is 17.8. The van der Waals surface area contributed by atoms with E-state index in [4.69, 9.17) is 9.47 Å². The molecule has 0 spiro atoms. The fraction of sp³-hybridized carbons (Fsp3) is 0.611. The lowest BCUT2D eigenvalue weighted by Gasteiger charge is -2.35. The van der Waals surface area contributed by atoms with Crippen LogP contribution in [-0.4, -0.2) is 65.9 Å². The minimum atomic E-state index is -0.199. The van der Waals surface area contributed by atoms with Crippen molar-refractivity contribution in [2.45, 2.75) is 32.9 Å². The van der Waals surface area contributed by atoms with E-state index in [1.54, 1.807) is 6.07 Å². The average Bonchev–Trinajstić information content (AvgIpc) is 2.94. The van der Waals surface area contributed by atoms with Gasteiger partial charge >= 0.3 is 0 Å². The standard InChI is InChI=1S/C18H27N3O4/c1-18(2,3)19-17(23)11-21-6-4-20(5-7-21)10-13-8-15-16(9-14(13)22)25-12-24-15/h8-9,22H,4-7,10-12H2,1-3H3,(H,19,23). The largest absolute Gasteiger partial charge is 0.507 e. The Balaban J connectivity index is 1.49. The zero-order chi connectivity index (χ0) is 18.0. The van der Waals surface area contributed by atoms with Crippen LogP contribution in [0.5, 0.6) is 17.2 Å². The van der Waals surface area contributed by atoms with Gasteiger partial charge in [0.2, 0.25) is 12.7 Å². The Bertz CT molecular complexity index is 634. The Morgan fingerprint density at radius 3 is 2.36 bits per heavy atom. The smallest absolute Gasteiger partial charge is 0.234 e. The predicted molar refractivity (Wildman–Crippen MR) is 93.8 cm³/mol. The molecule has 7 nitrogen and oxygen atoms in total. The third-order valence-corrected chi connectivity index (χ3v) is 4.31. The molecule has 1 amide bonds. The SMILES string of the molecule is CC(C)(C)NC(=O)CN1CCN(Cc2cc3c(cc2O)OCO3)CC1. The van der Waals surface area contributed by atoms with Crippen LogP contribution < -0.4 is 14.8 Å². The van der Waals surface area contributed by atoms with E-state index in [0.29, 0.717) is 24.6 Å². The molecule has 1 fully saturated rings. The number of fused-ring (bicyclic) bond motifs is 1. The van der Waals surface area contributed by atoms with E-state index >= 15 is 0 Å². The van der Waals surface area contributed by atoms with Gasteiger partial charge in [-0.2, -0.15) is 0 Å². The zero-order valence-electron chi connectivity index (χ0n) is 15.2. The molecule has 1 aromatic rings. The van der Waals surface area contributed by atoms with Gasteiger partial charge in [-0.05, 0) is 26.8 Å². The molecule has 2 N–H and O–H groups in total. The third kappa shape index (κ3) is 4.76. The Morgan fingerprint density at radius 1 is 1.12 bits per heavy atom. The van der Waals surface area contributed by atoms with Crippen LogP contribution in [0.1, 0.15) is 26.3 Å². The molecule has 1 saturated heterocycles. The highest BCUT2D eigenvalue weighted by Crippen LogP contribution is 2.38. The van der Waals surface area contributed by atoms with Crippen LogP contribution in [-0.2, 0) is 11.3 Å². The van der Waals surface area contributed by atoms with Crippen molar-refractivity contribution in [1.29, 1.82) is 0 Å². The monoisotopic (exact) mass is 349 g/mol.